The van der Waals surface area contributed by atoms with Gasteiger partial charge in [-0.3, -0.25) is 0 Å². The Labute approximate surface area is 71.2 Å². The average molecular weight is 171 g/mol. The molecule has 0 bridgehead atoms. The molecule has 1 unspecified atom stereocenters. The molecule has 0 radical (unpaired) electrons. The van der Waals surface area contributed by atoms with E-state index < -0.39 is 0 Å². The number of hydrazone groups is 1. The zero-order chi connectivity index (χ0) is 8.39. The van der Waals surface area contributed by atoms with Crippen molar-refractivity contribution in [3.05, 3.63) is 0 Å². The molecule has 5 nitrogen and oxygen atoms in total. The molecule has 0 aromatic rings. The Balaban J connectivity index is 1.89. The van der Waals surface area contributed by atoms with Crippen LogP contribution in [0.4, 0.5) is 0 Å². The van der Waals surface area contributed by atoms with Gasteiger partial charge in [0.1, 0.15) is 0 Å². The predicted octanol–water partition coefficient (Wildman–Crippen LogP) is -0.409. The molecule has 0 amide bonds. The lowest BCUT2D eigenvalue weighted by Gasteiger charge is -2.33. The third-order valence-corrected chi connectivity index (χ3v) is 2.15. The van der Waals surface area contributed by atoms with Crippen LogP contribution < -0.4 is 0 Å². The first-order valence-corrected chi connectivity index (χ1v) is 4.21. The Morgan fingerprint density at radius 2 is 2.50 bits per heavy atom. The number of aliphatic hydroxyl groups is 1. The van der Waals surface area contributed by atoms with E-state index in [4.69, 9.17) is 4.74 Å². The molecule has 5 heteroatoms. The second-order valence-electron chi connectivity index (χ2n) is 3.10. The summed E-state index contributed by atoms with van der Waals surface area (Å²) in [6.07, 6.45) is 3.14. The number of nitrogens with zero attached hydrogens (tertiary/aromatic N) is 3. The normalized spacial score (nSPS) is 30.8. The molecule has 2 aliphatic heterocycles. The van der Waals surface area contributed by atoms with Crippen LogP contribution >= 0.6 is 0 Å². The standard InChI is InChI=1S/C7H13N3O2/c11-7-2-1-3-9(4-7)10-6-12-5-8-10/h5,7,11H,1-4,6H2. The number of hydrazine groups is 1. The zero-order valence-corrected chi connectivity index (χ0v) is 6.89. The monoisotopic (exact) mass is 171 g/mol. The van der Waals surface area contributed by atoms with Crippen LogP contribution in [0.1, 0.15) is 12.8 Å². The fourth-order valence-electron chi connectivity index (χ4n) is 1.52. The molecule has 1 atom stereocenters. The summed E-state index contributed by atoms with van der Waals surface area (Å²) in [7, 11) is 0. The van der Waals surface area contributed by atoms with Gasteiger partial charge in [0.05, 0.1) is 6.10 Å². The van der Waals surface area contributed by atoms with Gasteiger partial charge in [0.2, 0.25) is 0 Å². The SMILES string of the molecule is OC1CCCN(N2COC=N2)C1. The van der Waals surface area contributed by atoms with Gasteiger partial charge in [-0.15, -0.1) is 5.10 Å². The summed E-state index contributed by atoms with van der Waals surface area (Å²) in [6.45, 7) is 2.10. The quantitative estimate of drug-likeness (QED) is 0.582. The fraction of sp³-hybridized carbons (Fsp3) is 0.857. The lowest BCUT2D eigenvalue weighted by atomic mass is 10.1. The van der Waals surface area contributed by atoms with Crippen LogP contribution in [-0.4, -0.2) is 47.6 Å². The molecule has 0 aliphatic carbocycles. The van der Waals surface area contributed by atoms with Crippen molar-refractivity contribution < 1.29 is 9.84 Å². The van der Waals surface area contributed by atoms with Crippen LogP contribution in [0.5, 0.6) is 0 Å². The van der Waals surface area contributed by atoms with Gasteiger partial charge in [-0.05, 0) is 12.8 Å². The van der Waals surface area contributed by atoms with Crippen LogP contribution in [0.15, 0.2) is 5.10 Å². The minimum absolute atomic E-state index is 0.213. The van der Waals surface area contributed by atoms with Gasteiger partial charge in [-0.2, -0.15) is 10.1 Å². The van der Waals surface area contributed by atoms with Gasteiger partial charge in [-0.1, -0.05) is 0 Å². The summed E-state index contributed by atoms with van der Waals surface area (Å²) in [5, 5.41) is 17.1. The van der Waals surface area contributed by atoms with E-state index >= 15 is 0 Å². The van der Waals surface area contributed by atoms with Crippen LogP contribution in [0, 0.1) is 0 Å². The van der Waals surface area contributed by atoms with Crippen molar-refractivity contribution in [2.75, 3.05) is 19.8 Å². The van der Waals surface area contributed by atoms with Crippen molar-refractivity contribution in [2.24, 2.45) is 5.10 Å². The van der Waals surface area contributed by atoms with E-state index in [0.29, 0.717) is 13.3 Å². The molecule has 2 rings (SSSR count). The molecule has 0 aromatic carbocycles. The number of β-amino-alcohol motifs (C(OH)–C–C–N with tert-alkyl or cyclic N) is 1. The van der Waals surface area contributed by atoms with Crippen molar-refractivity contribution in [3.8, 4) is 0 Å². The summed E-state index contributed by atoms with van der Waals surface area (Å²) >= 11 is 0. The summed E-state index contributed by atoms with van der Waals surface area (Å²) in [4.78, 5) is 0. The molecular weight excluding hydrogens is 158 g/mol. The topological polar surface area (TPSA) is 48.3 Å². The van der Waals surface area contributed by atoms with E-state index in [-0.39, 0.29) is 6.10 Å². The highest BCUT2D eigenvalue weighted by molar-refractivity contribution is 5.46. The third kappa shape index (κ3) is 1.51. The maximum Gasteiger partial charge on any atom is 0.196 e. The van der Waals surface area contributed by atoms with Crippen LogP contribution in [0.2, 0.25) is 0 Å². The Morgan fingerprint density at radius 3 is 3.17 bits per heavy atom. The largest absolute Gasteiger partial charge is 0.458 e. The molecule has 0 saturated carbocycles. The Hall–Kier alpha value is -0.810. The van der Waals surface area contributed by atoms with E-state index in [1.54, 1.807) is 5.12 Å². The Kier molecular flexibility index (Phi) is 2.14. The molecule has 2 aliphatic rings. The lowest BCUT2D eigenvalue weighted by molar-refractivity contribution is -0.0933. The number of hydrogen-bond donors (Lipinski definition) is 1. The minimum atomic E-state index is -0.213. The first-order chi connectivity index (χ1) is 5.86. The van der Waals surface area contributed by atoms with Gasteiger partial charge in [-0.25, -0.2) is 0 Å². The van der Waals surface area contributed by atoms with Crippen molar-refractivity contribution in [2.45, 2.75) is 18.9 Å². The minimum Gasteiger partial charge on any atom is -0.458 e. The average Bonchev–Trinajstić information content (AvgIpc) is 2.56. The maximum absolute atomic E-state index is 9.38. The molecule has 2 heterocycles. The van der Waals surface area contributed by atoms with Crippen LogP contribution in [0.3, 0.4) is 0 Å². The third-order valence-electron chi connectivity index (χ3n) is 2.15. The molecule has 1 N–H and O–H groups in total. The summed E-state index contributed by atoms with van der Waals surface area (Å²) in [5.41, 5.74) is 0. The highest BCUT2D eigenvalue weighted by Gasteiger charge is 2.23. The lowest BCUT2D eigenvalue weighted by Crippen LogP contribution is -2.46. The van der Waals surface area contributed by atoms with Gasteiger partial charge < -0.3 is 9.84 Å². The molecule has 1 fully saturated rings. The molecule has 0 spiro atoms. The van der Waals surface area contributed by atoms with E-state index in [1.165, 1.54) is 6.40 Å². The summed E-state index contributed by atoms with van der Waals surface area (Å²) in [5.74, 6) is 0. The number of ether oxygens (including phenoxy) is 1. The van der Waals surface area contributed by atoms with Gasteiger partial charge >= 0.3 is 0 Å². The van der Waals surface area contributed by atoms with Crippen molar-refractivity contribution in [3.63, 3.8) is 0 Å². The molecule has 68 valence electrons. The first-order valence-electron chi connectivity index (χ1n) is 4.21. The highest BCUT2D eigenvalue weighted by atomic mass is 16.5. The second kappa shape index (κ2) is 3.28. The van der Waals surface area contributed by atoms with E-state index in [0.717, 1.165) is 19.4 Å². The van der Waals surface area contributed by atoms with E-state index in [1.807, 2.05) is 5.01 Å². The number of hydrogen-bond acceptors (Lipinski definition) is 5. The van der Waals surface area contributed by atoms with Crippen molar-refractivity contribution in [1.29, 1.82) is 0 Å². The smallest absolute Gasteiger partial charge is 0.196 e. The van der Waals surface area contributed by atoms with E-state index in [9.17, 15) is 5.11 Å². The van der Waals surface area contributed by atoms with Crippen molar-refractivity contribution >= 4 is 6.40 Å². The first kappa shape index (κ1) is 7.82. The number of aliphatic hydroxyl groups excluding tert-OH is 1. The van der Waals surface area contributed by atoms with Crippen LogP contribution in [-0.2, 0) is 4.74 Å². The van der Waals surface area contributed by atoms with Gasteiger partial charge in [0.15, 0.2) is 13.1 Å². The predicted molar refractivity (Wildman–Crippen MR) is 43.1 cm³/mol. The maximum atomic E-state index is 9.38. The number of piperidine rings is 1. The molecule has 12 heavy (non-hydrogen) atoms. The fourth-order valence-corrected chi connectivity index (χ4v) is 1.52. The second-order valence-corrected chi connectivity index (χ2v) is 3.10. The number of rotatable bonds is 1. The Morgan fingerprint density at radius 1 is 1.58 bits per heavy atom. The van der Waals surface area contributed by atoms with Gasteiger partial charge in [0.25, 0.3) is 0 Å². The van der Waals surface area contributed by atoms with Crippen molar-refractivity contribution in [1.82, 2.24) is 10.1 Å². The van der Waals surface area contributed by atoms with Gasteiger partial charge in [0, 0.05) is 13.1 Å². The zero-order valence-electron chi connectivity index (χ0n) is 6.89. The molecular formula is C7H13N3O2. The molecule has 1 saturated heterocycles. The van der Waals surface area contributed by atoms with E-state index in [2.05, 4.69) is 5.10 Å². The van der Waals surface area contributed by atoms with Crippen LogP contribution in [0.25, 0.3) is 0 Å². The highest BCUT2D eigenvalue weighted by Crippen LogP contribution is 2.13. The molecule has 0 aromatic heterocycles. The summed E-state index contributed by atoms with van der Waals surface area (Å²) < 4.78 is 4.96. The summed E-state index contributed by atoms with van der Waals surface area (Å²) in [6, 6.07) is 0. The Bertz CT molecular complexity index is 185.